The highest BCUT2D eigenvalue weighted by molar-refractivity contribution is 6.31. The van der Waals surface area contributed by atoms with E-state index in [4.69, 9.17) is 17.3 Å². The lowest BCUT2D eigenvalue weighted by atomic mass is 9.89. The average Bonchev–Trinajstić information content (AvgIpc) is 2.83. The van der Waals surface area contributed by atoms with E-state index >= 15 is 0 Å². The molecule has 2 atom stereocenters. The number of hydrogen-bond donors (Lipinski definition) is 1. The molecule has 2 N–H and O–H groups in total. The Balaban J connectivity index is 2.09. The van der Waals surface area contributed by atoms with Gasteiger partial charge in [-0.3, -0.25) is 4.79 Å². The van der Waals surface area contributed by atoms with Crippen LogP contribution in [-0.4, -0.2) is 12.3 Å². The summed E-state index contributed by atoms with van der Waals surface area (Å²) in [4.78, 5) is 12.2. The van der Waals surface area contributed by atoms with Gasteiger partial charge in [0.1, 0.15) is 11.6 Å². The number of carbonyl (C=O) groups excluding carboxylic acids is 1. The van der Waals surface area contributed by atoms with Gasteiger partial charge < -0.3 is 5.73 Å². The minimum Gasteiger partial charge on any atom is -0.330 e. The van der Waals surface area contributed by atoms with E-state index < -0.39 is 5.82 Å². The van der Waals surface area contributed by atoms with Crippen molar-refractivity contribution >= 4 is 17.4 Å². The van der Waals surface area contributed by atoms with Crippen LogP contribution in [0.4, 0.5) is 4.39 Å². The number of rotatable bonds is 4. The molecule has 2 nitrogen and oxygen atoms in total. The predicted octanol–water partition coefficient (Wildman–Crippen LogP) is 2.97. The van der Waals surface area contributed by atoms with Crippen molar-refractivity contribution in [3.63, 3.8) is 0 Å². The monoisotopic (exact) mass is 269 g/mol. The Kier molecular flexibility index (Phi) is 4.36. The van der Waals surface area contributed by atoms with Gasteiger partial charge in [-0.05, 0) is 36.9 Å². The van der Waals surface area contributed by atoms with Gasteiger partial charge in [-0.15, -0.1) is 0 Å². The molecule has 0 amide bonds. The minimum atomic E-state index is -0.469. The summed E-state index contributed by atoms with van der Waals surface area (Å²) in [5, 5.41) is 0.0631. The summed E-state index contributed by atoms with van der Waals surface area (Å²) in [6.45, 7) is 0.549. The molecule has 1 aliphatic rings. The van der Waals surface area contributed by atoms with Gasteiger partial charge >= 0.3 is 0 Å². The van der Waals surface area contributed by atoms with Crippen LogP contribution >= 0.6 is 11.6 Å². The maximum absolute atomic E-state index is 13.3. The first-order valence-electron chi connectivity index (χ1n) is 6.29. The first-order valence-corrected chi connectivity index (χ1v) is 6.67. The van der Waals surface area contributed by atoms with E-state index in [9.17, 15) is 9.18 Å². The molecule has 2 unspecified atom stereocenters. The third-order valence-corrected chi connectivity index (χ3v) is 4.19. The Labute approximate surface area is 111 Å². The first-order chi connectivity index (χ1) is 8.63. The van der Waals surface area contributed by atoms with E-state index in [-0.39, 0.29) is 29.1 Å². The molecule has 0 radical (unpaired) electrons. The van der Waals surface area contributed by atoms with Crippen molar-refractivity contribution in [2.75, 3.05) is 6.54 Å². The number of Topliss-reactive ketones (excluding diaryl/α,β-unsaturated/α-hetero) is 1. The van der Waals surface area contributed by atoms with Crippen LogP contribution in [-0.2, 0) is 11.2 Å². The topological polar surface area (TPSA) is 43.1 Å². The molecule has 1 aromatic rings. The first kappa shape index (κ1) is 13.5. The van der Waals surface area contributed by atoms with Gasteiger partial charge in [0.15, 0.2) is 0 Å². The number of ketones is 1. The Morgan fingerprint density at radius 3 is 2.94 bits per heavy atom. The second-order valence-electron chi connectivity index (χ2n) is 4.89. The van der Waals surface area contributed by atoms with E-state index in [0.29, 0.717) is 12.1 Å². The number of nitrogens with two attached hydrogens (primary N) is 1. The Morgan fingerprint density at radius 1 is 1.44 bits per heavy atom. The van der Waals surface area contributed by atoms with Gasteiger partial charge in [0.25, 0.3) is 0 Å². The van der Waals surface area contributed by atoms with Gasteiger partial charge in [0, 0.05) is 12.3 Å². The van der Waals surface area contributed by atoms with E-state index in [1.165, 1.54) is 6.07 Å². The standard InChI is InChI=1S/C14H17ClFNO/c15-14-9(3-2-6-12(14)16)7-13(18)11-5-1-4-10(11)8-17/h2-3,6,10-11H,1,4-5,7-8,17H2. The van der Waals surface area contributed by atoms with Crippen LogP contribution in [0.15, 0.2) is 18.2 Å². The third-order valence-electron chi connectivity index (χ3n) is 3.77. The zero-order chi connectivity index (χ0) is 13.1. The van der Waals surface area contributed by atoms with Crippen LogP contribution in [0, 0.1) is 17.7 Å². The van der Waals surface area contributed by atoms with Crippen molar-refractivity contribution in [1.29, 1.82) is 0 Å². The van der Waals surface area contributed by atoms with Crippen LogP contribution in [0.5, 0.6) is 0 Å². The second-order valence-corrected chi connectivity index (χ2v) is 5.27. The molecule has 0 heterocycles. The van der Waals surface area contributed by atoms with Gasteiger partial charge in [0.05, 0.1) is 5.02 Å². The average molecular weight is 270 g/mol. The third kappa shape index (κ3) is 2.73. The molecule has 98 valence electrons. The van der Waals surface area contributed by atoms with E-state index in [0.717, 1.165) is 19.3 Å². The Bertz CT molecular complexity index is 449. The summed E-state index contributed by atoms with van der Waals surface area (Å²) < 4.78 is 13.3. The zero-order valence-corrected chi connectivity index (χ0v) is 10.9. The van der Waals surface area contributed by atoms with Crippen LogP contribution < -0.4 is 5.73 Å². The predicted molar refractivity (Wildman–Crippen MR) is 70.0 cm³/mol. The lowest BCUT2D eigenvalue weighted by molar-refractivity contribution is -0.123. The SMILES string of the molecule is NCC1CCCC1C(=O)Cc1cccc(F)c1Cl. The molecule has 0 aliphatic heterocycles. The molecular weight excluding hydrogens is 253 g/mol. The van der Waals surface area contributed by atoms with Crippen molar-refractivity contribution in [1.82, 2.24) is 0 Å². The summed E-state index contributed by atoms with van der Waals surface area (Å²) in [7, 11) is 0. The molecule has 0 bridgehead atoms. The fraction of sp³-hybridized carbons (Fsp3) is 0.500. The van der Waals surface area contributed by atoms with Crippen molar-refractivity contribution in [2.24, 2.45) is 17.6 Å². The molecular formula is C14H17ClFNO. The second kappa shape index (κ2) is 5.81. The molecule has 1 fully saturated rings. The van der Waals surface area contributed by atoms with E-state index in [2.05, 4.69) is 0 Å². The van der Waals surface area contributed by atoms with Gasteiger partial charge in [0.2, 0.25) is 0 Å². The Hall–Kier alpha value is -0.930. The van der Waals surface area contributed by atoms with Crippen molar-refractivity contribution < 1.29 is 9.18 Å². The molecule has 0 saturated heterocycles. The normalized spacial score (nSPS) is 23.3. The smallest absolute Gasteiger partial charge is 0.142 e. The fourth-order valence-corrected chi connectivity index (χ4v) is 2.94. The highest BCUT2D eigenvalue weighted by atomic mass is 35.5. The molecule has 1 aliphatic carbocycles. The van der Waals surface area contributed by atoms with Crippen molar-refractivity contribution in [3.05, 3.63) is 34.6 Å². The summed E-state index contributed by atoms with van der Waals surface area (Å²) in [6.07, 6.45) is 3.17. The number of carbonyl (C=O) groups is 1. The molecule has 18 heavy (non-hydrogen) atoms. The van der Waals surface area contributed by atoms with Gasteiger partial charge in [-0.1, -0.05) is 30.2 Å². The molecule has 1 saturated carbocycles. The summed E-state index contributed by atoms with van der Waals surface area (Å²) in [6, 6.07) is 4.59. The largest absolute Gasteiger partial charge is 0.330 e. The maximum atomic E-state index is 13.3. The number of halogens is 2. The van der Waals surface area contributed by atoms with Crippen LogP contribution in [0.25, 0.3) is 0 Å². The highest BCUT2D eigenvalue weighted by Gasteiger charge is 2.31. The molecule has 2 rings (SSSR count). The van der Waals surface area contributed by atoms with Gasteiger partial charge in [-0.25, -0.2) is 4.39 Å². The zero-order valence-electron chi connectivity index (χ0n) is 10.2. The maximum Gasteiger partial charge on any atom is 0.142 e. The minimum absolute atomic E-state index is 0.0225. The summed E-state index contributed by atoms with van der Waals surface area (Å²) in [5.74, 6) is -0.0293. The molecule has 1 aromatic carbocycles. The van der Waals surface area contributed by atoms with Crippen molar-refractivity contribution in [2.45, 2.75) is 25.7 Å². The van der Waals surface area contributed by atoms with Crippen molar-refractivity contribution in [3.8, 4) is 0 Å². The van der Waals surface area contributed by atoms with Crippen LogP contribution in [0.3, 0.4) is 0 Å². The summed E-state index contributed by atoms with van der Waals surface area (Å²) >= 11 is 5.86. The lowest BCUT2D eigenvalue weighted by Crippen LogP contribution is -2.26. The van der Waals surface area contributed by atoms with Crippen LogP contribution in [0.1, 0.15) is 24.8 Å². The number of hydrogen-bond acceptors (Lipinski definition) is 2. The quantitative estimate of drug-likeness (QED) is 0.913. The Morgan fingerprint density at radius 2 is 2.22 bits per heavy atom. The van der Waals surface area contributed by atoms with Gasteiger partial charge in [-0.2, -0.15) is 0 Å². The van der Waals surface area contributed by atoms with E-state index in [1.54, 1.807) is 12.1 Å². The van der Waals surface area contributed by atoms with Crippen LogP contribution in [0.2, 0.25) is 5.02 Å². The highest BCUT2D eigenvalue weighted by Crippen LogP contribution is 2.33. The summed E-state index contributed by atoms with van der Waals surface area (Å²) in [5.41, 5.74) is 6.24. The lowest BCUT2D eigenvalue weighted by Gasteiger charge is -2.16. The molecule has 4 heteroatoms. The molecule has 0 spiro atoms. The number of benzene rings is 1. The fourth-order valence-electron chi connectivity index (χ4n) is 2.75. The molecule has 0 aromatic heterocycles. The van der Waals surface area contributed by atoms with E-state index in [1.807, 2.05) is 0 Å².